The first-order chi connectivity index (χ1) is 34.6. The van der Waals surface area contributed by atoms with Crippen molar-refractivity contribution >= 4 is 72.2 Å². The fourth-order valence-corrected chi connectivity index (χ4v) is 12.9. The summed E-state index contributed by atoms with van der Waals surface area (Å²) in [6.45, 7) is 32.8. The van der Waals surface area contributed by atoms with Gasteiger partial charge in [-0.2, -0.15) is 0 Å². The summed E-state index contributed by atoms with van der Waals surface area (Å²) < 4.78 is 5.46. The van der Waals surface area contributed by atoms with Crippen LogP contribution in [0.2, 0.25) is 0 Å². The molecule has 0 saturated carbocycles. The average Bonchev–Trinajstić information content (AvgIpc) is 3.86. The molecule has 0 amide bonds. The van der Waals surface area contributed by atoms with Crippen molar-refractivity contribution < 1.29 is 0 Å². The van der Waals surface area contributed by atoms with Crippen molar-refractivity contribution in [3.05, 3.63) is 185 Å². The number of fused-ring (bicyclic) bond motifs is 12. The van der Waals surface area contributed by atoms with Crippen LogP contribution in [0.5, 0.6) is 0 Å². The molecule has 0 radical (unpaired) electrons. The lowest BCUT2D eigenvalue weighted by atomic mass is 9.45. The van der Waals surface area contributed by atoms with E-state index in [1.807, 2.05) is 0 Å². The molecule has 0 fully saturated rings. The topological polar surface area (TPSA) is 9.86 Å². The van der Waals surface area contributed by atoms with Crippen molar-refractivity contribution in [3.63, 3.8) is 0 Å². The van der Waals surface area contributed by atoms with E-state index in [4.69, 9.17) is 0 Å². The van der Waals surface area contributed by atoms with E-state index in [9.17, 15) is 0 Å². The standard InChI is InChI=1S/C70H67BN2/c1-40-20-18-21-41(2)62(40)51-24-19-25-52-50(51)27-29-60-63(52)57-33-44(42-22-16-15-17-23-42)34-58-66(57)72(60)61-35-45(43-30-47(68(6,7)8)36-48(31-43)69(9,10)11)32-54-56-39-49(70(12,13)14)38-55-53-37-46(67(3,4)5)26-28-59(53)73(65(55)56)71(58)64(54)61/h15-39H,1-14H3. The Morgan fingerprint density at radius 1 is 0.370 bits per heavy atom. The average molecular weight is 947 g/mol. The summed E-state index contributed by atoms with van der Waals surface area (Å²) in [5, 5.41) is 7.87. The highest BCUT2D eigenvalue weighted by molar-refractivity contribution is 6.90. The van der Waals surface area contributed by atoms with Crippen LogP contribution in [0.4, 0.5) is 0 Å². The fraction of sp³-hybridized carbons (Fsp3) is 0.257. The van der Waals surface area contributed by atoms with Crippen LogP contribution >= 0.6 is 0 Å². The molecular weight excluding hydrogens is 880 g/mol. The zero-order chi connectivity index (χ0) is 51.0. The highest BCUT2D eigenvalue weighted by Crippen LogP contribution is 2.49. The smallest absolute Gasteiger partial charge is 0.333 e. The molecule has 2 aliphatic rings. The molecule has 0 spiro atoms. The van der Waals surface area contributed by atoms with Gasteiger partial charge in [0.25, 0.3) is 0 Å². The molecule has 0 bridgehead atoms. The van der Waals surface area contributed by atoms with Crippen LogP contribution in [0.15, 0.2) is 152 Å². The van der Waals surface area contributed by atoms with Crippen molar-refractivity contribution in [1.82, 2.24) is 9.05 Å². The lowest BCUT2D eigenvalue weighted by Crippen LogP contribution is -2.55. The molecule has 13 rings (SSSR count). The first-order valence-corrected chi connectivity index (χ1v) is 26.7. The van der Waals surface area contributed by atoms with Crippen LogP contribution in [0.25, 0.3) is 105 Å². The quantitative estimate of drug-likeness (QED) is 0.156. The summed E-state index contributed by atoms with van der Waals surface area (Å²) in [6, 6.07) is 59.8. The molecule has 2 aromatic heterocycles. The molecule has 0 N–H and O–H groups in total. The van der Waals surface area contributed by atoms with E-state index >= 15 is 0 Å². The van der Waals surface area contributed by atoms with Crippen LogP contribution in [0.3, 0.4) is 0 Å². The highest BCUT2D eigenvalue weighted by Gasteiger charge is 2.43. The van der Waals surface area contributed by atoms with Gasteiger partial charge >= 0.3 is 6.85 Å². The van der Waals surface area contributed by atoms with E-state index in [-0.39, 0.29) is 28.5 Å². The number of nitrogens with zero attached hydrogens (tertiary/aromatic N) is 2. The number of aryl methyl sites for hydroxylation is 2. The van der Waals surface area contributed by atoms with E-state index in [0.29, 0.717) is 0 Å². The molecule has 0 atom stereocenters. The minimum Gasteiger partial charge on any atom is -0.375 e. The number of hydrogen-bond donors (Lipinski definition) is 0. The second-order valence-corrected chi connectivity index (χ2v) is 26.0. The zero-order valence-electron chi connectivity index (χ0n) is 45.4. The first kappa shape index (κ1) is 45.7. The molecule has 360 valence electrons. The third kappa shape index (κ3) is 6.76. The van der Waals surface area contributed by atoms with Crippen LogP contribution in [0, 0.1) is 13.8 Å². The Hall–Kier alpha value is -7.10. The van der Waals surface area contributed by atoms with Gasteiger partial charge in [0.15, 0.2) is 0 Å². The SMILES string of the molecule is Cc1cccc(C)c1-c1cccc2c1ccc1c2c2cc(-c3ccccc3)cc3c2n1-c1cc(-c2cc(C(C)(C)C)cc(C(C)(C)C)c2)cc2c1B3n1c3ccc(C(C)(C)C)cc3c3cc(C(C)(C)C)cc-2c31. The third-order valence-corrected chi connectivity index (χ3v) is 16.9. The van der Waals surface area contributed by atoms with Crippen molar-refractivity contribution in [1.29, 1.82) is 0 Å². The minimum atomic E-state index is -0.0852. The van der Waals surface area contributed by atoms with Crippen LogP contribution in [-0.2, 0) is 21.7 Å². The largest absolute Gasteiger partial charge is 0.375 e. The normalized spacial score (nSPS) is 13.6. The van der Waals surface area contributed by atoms with Crippen molar-refractivity contribution in [2.45, 2.75) is 119 Å². The minimum absolute atomic E-state index is 0.00566. The Bertz CT molecular complexity index is 4130. The predicted octanol–water partition coefficient (Wildman–Crippen LogP) is 17.8. The summed E-state index contributed by atoms with van der Waals surface area (Å²) in [7, 11) is 0. The molecular formula is C70H67BN2. The second kappa shape index (κ2) is 15.2. The van der Waals surface area contributed by atoms with Crippen molar-refractivity contribution in [2.75, 3.05) is 0 Å². The Morgan fingerprint density at radius 3 is 1.64 bits per heavy atom. The molecule has 3 heteroatoms. The van der Waals surface area contributed by atoms with Gasteiger partial charge in [0.1, 0.15) is 0 Å². The van der Waals surface area contributed by atoms with Gasteiger partial charge in [-0.05, 0) is 178 Å². The Balaban J connectivity index is 1.25. The van der Waals surface area contributed by atoms with E-state index in [1.54, 1.807) is 0 Å². The Labute approximate surface area is 432 Å². The van der Waals surface area contributed by atoms with Gasteiger partial charge in [0.2, 0.25) is 0 Å². The second-order valence-electron chi connectivity index (χ2n) is 26.0. The predicted molar refractivity (Wildman–Crippen MR) is 318 cm³/mol. The molecule has 0 aliphatic carbocycles. The maximum absolute atomic E-state index is 2.77. The molecule has 4 heterocycles. The monoisotopic (exact) mass is 947 g/mol. The van der Waals surface area contributed by atoms with Gasteiger partial charge in [-0.25, -0.2) is 0 Å². The lowest BCUT2D eigenvalue weighted by molar-refractivity contribution is 0.569. The fourth-order valence-electron chi connectivity index (χ4n) is 12.9. The van der Waals surface area contributed by atoms with Gasteiger partial charge in [-0.15, -0.1) is 0 Å². The van der Waals surface area contributed by atoms with E-state index < -0.39 is 0 Å². The summed E-state index contributed by atoms with van der Waals surface area (Å²) in [4.78, 5) is 0. The van der Waals surface area contributed by atoms with Crippen LogP contribution < -0.4 is 10.9 Å². The number of benzene rings is 9. The van der Waals surface area contributed by atoms with Gasteiger partial charge in [-0.1, -0.05) is 186 Å². The zero-order valence-corrected chi connectivity index (χ0v) is 45.4. The van der Waals surface area contributed by atoms with Crippen LogP contribution in [-0.4, -0.2) is 15.9 Å². The molecule has 11 aromatic rings. The molecule has 2 aliphatic heterocycles. The van der Waals surface area contributed by atoms with Crippen molar-refractivity contribution in [2.24, 2.45) is 0 Å². The van der Waals surface area contributed by atoms with Gasteiger partial charge < -0.3 is 9.05 Å². The third-order valence-electron chi connectivity index (χ3n) is 16.9. The number of hydrogen-bond acceptors (Lipinski definition) is 0. The van der Waals surface area contributed by atoms with Gasteiger partial charge in [-0.3, -0.25) is 0 Å². The maximum Gasteiger partial charge on any atom is 0.333 e. The maximum atomic E-state index is 2.77. The van der Waals surface area contributed by atoms with E-state index in [2.05, 4.69) is 258 Å². The number of aromatic nitrogens is 2. The summed E-state index contributed by atoms with van der Waals surface area (Å²) >= 11 is 0. The molecule has 0 saturated heterocycles. The summed E-state index contributed by atoms with van der Waals surface area (Å²) in [5.74, 6) is 0. The van der Waals surface area contributed by atoms with Gasteiger partial charge in [0, 0.05) is 43.8 Å². The van der Waals surface area contributed by atoms with E-state index in [0.717, 1.165) is 0 Å². The van der Waals surface area contributed by atoms with Gasteiger partial charge in [0.05, 0.1) is 11.0 Å². The highest BCUT2D eigenvalue weighted by atomic mass is 15.0. The Kier molecular flexibility index (Phi) is 9.55. The molecule has 73 heavy (non-hydrogen) atoms. The van der Waals surface area contributed by atoms with E-state index in [1.165, 1.54) is 149 Å². The summed E-state index contributed by atoms with van der Waals surface area (Å²) in [6.07, 6.45) is 0. The van der Waals surface area contributed by atoms with Crippen LogP contribution in [0.1, 0.15) is 116 Å². The molecule has 2 nitrogen and oxygen atoms in total. The lowest BCUT2D eigenvalue weighted by Gasteiger charge is -2.35. The Morgan fingerprint density at radius 2 is 0.973 bits per heavy atom. The summed E-state index contributed by atoms with van der Waals surface area (Å²) in [5.41, 5.74) is 27.4. The molecule has 9 aromatic carbocycles. The molecule has 0 unspecified atom stereocenters. The van der Waals surface area contributed by atoms with Crippen molar-refractivity contribution in [3.8, 4) is 50.2 Å². The first-order valence-electron chi connectivity index (χ1n) is 26.7. The number of rotatable bonds is 3.